The summed E-state index contributed by atoms with van der Waals surface area (Å²) in [6.45, 7) is 2.49. The summed E-state index contributed by atoms with van der Waals surface area (Å²) in [5.41, 5.74) is -1.30. The Balaban J connectivity index is 2.68. The van der Waals surface area contributed by atoms with Gasteiger partial charge in [0.15, 0.2) is 0 Å². The third-order valence-corrected chi connectivity index (χ3v) is 2.51. The third-order valence-electron chi connectivity index (χ3n) is 2.51. The monoisotopic (exact) mass is 237 g/mol. The second-order valence-electron chi connectivity index (χ2n) is 3.74. The first-order valence-corrected chi connectivity index (χ1v) is 4.43. The maximum absolute atomic E-state index is 12.0. The zero-order chi connectivity index (χ0) is 12.6. The smallest absolute Gasteiger partial charge is 0.471 e. The first-order chi connectivity index (χ1) is 7.23. The van der Waals surface area contributed by atoms with E-state index >= 15 is 0 Å². The lowest BCUT2D eigenvalue weighted by Crippen LogP contribution is -2.64. The van der Waals surface area contributed by atoms with Crippen LogP contribution in [-0.4, -0.2) is 41.1 Å². The summed E-state index contributed by atoms with van der Waals surface area (Å²) in [4.78, 5) is 22.1. The quantitative estimate of drug-likeness (QED) is 0.746. The van der Waals surface area contributed by atoms with Crippen molar-refractivity contribution < 1.29 is 27.9 Å². The molecule has 0 bridgehead atoms. The van der Waals surface area contributed by atoms with Crippen LogP contribution in [0.3, 0.4) is 0 Å². The Morgan fingerprint density at radius 3 is 2.25 bits per heavy atom. The number of carboxylic acids is 1. The van der Waals surface area contributed by atoms with Gasteiger partial charge in [-0.25, -0.2) is 0 Å². The van der Waals surface area contributed by atoms with Gasteiger partial charge >= 0.3 is 18.1 Å². The first kappa shape index (κ1) is 12.5. The Bertz CT molecular complexity index is 331. The molecule has 16 heavy (non-hydrogen) atoms. The van der Waals surface area contributed by atoms with E-state index in [1.807, 2.05) is 0 Å². The van der Waals surface area contributed by atoms with Crippen molar-refractivity contribution in [3.63, 3.8) is 0 Å². The Hall–Kier alpha value is -1.53. The molecule has 0 saturated carbocycles. The van der Waals surface area contributed by atoms with E-state index in [-0.39, 0.29) is 6.42 Å². The first-order valence-electron chi connectivity index (χ1n) is 4.43. The second-order valence-corrected chi connectivity index (χ2v) is 3.74. The highest BCUT2D eigenvalue weighted by molar-refractivity contribution is 5.86. The summed E-state index contributed by atoms with van der Waals surface area (Å²) in [6, 6.07) is 0. The molecule has 0 aromatic rings. The highest BCUT2D eigenvalue weighted by Crippen LogP contribution is 2.37. The molecule has 0 spiro atoms. The fourth-order valence-corrected chi connectivity index (χ4v) is 1.64. The maximum Gasteiger partial charge on any atom is 0.471 e. The van der Waals surface area contributed by atoms with E-state index in [0.717, 1.165) is 0 Å². The molecule has 0 aliphatic carbocycles. The van der Waals surface area contributed by atoms with Gasteiger partial charge in [0, 0.05) is 13.1 Å². The number of carboxylic acid groups (broad SMARTS) is 1. The molecule has 4 nitrogen and oxygen atoms in total. The van der Waals surface area contributed by atoms with E-state index < -0.39 is 36.6 Å². The minimum Gasteiger partial charge on any atom is -0.481 e. The minimum atomic E-state index is -4.95. The van der Waals surface area contributed by atoms with Crippen LogP contribution in [0.5, 0.6) is 0 Å². The SMILES string of the molecule is C=CCC1(C(=O)O)CN(C(=O)C(F)(F)F)C1. The number of halogens is 3. The van der Waals surface area contributed by atoms with Crippen molar-refractivity contribution in [1.29, 1.82) is 0 Å². The number of hydrogen-bond donors (Lipinski definition) is 1. The van der Waals surface area contributed by atoms with Crippen molar-refractivity contribution in [2.75, 3.05) is 13.1 Å². The average Bonchev–Trinajstić information content (AvgIpc) is 2.07. The molecule has 0 unspecified atom stereocenters. The molecule has 0 aromatic carbocycles. The van der Waals surface area contributed by atoms with Crippen molar-refractivity contribution in [3.8, 4) is 0 Å². The fourth-order valence-electron chi connectivity index (χ4n) is 1.64. The molecule has 1 saturated heterocycles. The second kappa shape index (κ2) is 3.80. The van der Waals surface area contributed by atoms with Crippen molar-refractivity contribution in [3.05, 3.63) is 12.7 Å². The van der Waals surface area contributed by atoms with Crippen LogP contribution in [0.1, 0.15) is 6.42 Å². The number of carbonyl (C=O) groups is 2. The number of alkyl halides is 3. The summed E-state index contributed by atoms with van der Waals surface area (Å²) in [5.74, 6) is -3.20. The van der Waals surface area contributed by atoms with Crippen molar-refractivity contribution in [1.82, 2.24) is 4.90 Å². The van der Waals surface area contributed by atoms with Crippen LogP contribution in [0.4, 0.5) is 13.2 Å². The van der Waals surface area contributed by atoms with Gasteiger partial charge in [0.1, 0.15) is 5.41 Å². The summed E-state index contributed by atoms with van der Waals surface area (Å²) in [7, 11) is 0. The number of rotatable bonds is 3. The van der Waals surface area contributed by atoms with Gasteiger partial charge in [0.25, 0.3) is 0 Å². The lowest BCUT2D eigenvalue weighted by Gasteiger charge is -2.46. The van der Waals surface area contributed by atoms with Crippen LogP contribution in [0.15, 0.2) is 12.7 Å². The molecule has 1 heterocycles. The maximum atomic E-state index is 12.0. The topological polar surface area (TPSA) is 57.6 Å². The van der Waals surface area contributed by atoms with Crippen LogP contribution in [0, 0.1) is 5.41 Å². The number of amides is 1. The normalized spacial score (nSPS) is 18.8. The molecule has 0 aromatic heterocycles. The Kier molecular flexibility index (Phi) is 2.98. The van der Waals surface area contributed by atoms with E-state index in [1.54, 1.807) is 0 Å². The average molecular weight is 237 g/mol. The molecular formula is C9H10F3NO3. The molecular weight excluding hydrogens is 227 g/mol. The number of aliphatic carboxylic acids is 1. The molecule has 1 amide bonds. The molecule has 7 heteroatoms. The number of likely N-dealkylation sites (tertiary alicyclic amines) is 1. The van der Waals surface area contributed by atoms with Gasteiger partial charge < -0.3 is 10.0 Å². The fraction of sp³-hybridized carbons (Fsp3) is 0.556. The molecule has 1 fully saturated rings. The van der Waals surface area contributed by atoms with Crippen molar-refractivity contribution in [2.24, 2.45) is 5.41 Å². The zero-order valence-electron chi connectivity index (χ0n) is 8.25. The number of hydrogen-bond acceptors (Lipinski definition) is 2. The van der Waals surface area contributed by atoms with Crippen LogP contribution < -0.4 is 0 Å². The number of nitrogens with zero attached hydrogens (tertiary/aromatic N) is 1. The summed E-state index contributed by atoms with van der Waals surface area (Å²) in [5, 5.41) is 8.85. The van der Waals surface area contributed by atoms with E-state index in [9.17, 15) is 22.8 Å². The Morgan fingerprint density at radius 2 is 1.94 bits per heavy atom. The number of allylic oxidation sites excluding steroid dienone is 1. The summed E-state index contributed by atoms with van der Waals surface area (Å²) < 4.78 is 36.0. The highest BCUT2D eigenvalue weighted by Gasteiger charge is 2.55. The van der Waals surface area contributed by atoms with Crippen LogP contribution in [-0.2, 0) is 9.59 Å². The lowest BCUT2D eigenvalue weighted by molar-refractivity contribution is -0.199. The highest BCUT2D eigenvalue weighted by atomic mass is 19.4. The summed E-state index contributed by atoms with van der Waals surface area (Å²) in [6.07, 6.45) is -3.58. The minimum absolute atomic E-state index is 0.0456. The molecule has 1 aliphatic heterocycles. The molecule has 90 valence electrons. The molecule has 1 rings (SSSR count). The molecule has 1 aliphatic rings. The number of carbonyl (C=O) groups excluding carboxylic acids is 1. The molecule has 0 radical (unpaired) electrons. The third kappa shape index (κ3) is 2.02. The standard InChI is InChI=1S/C9H10F3NO3/c1-2-3-8(7(15)16)4-13(5-8)6(14)9(10,11)12/h2H,1,3-5H2,(H,15,16). The van der Waals surface area contributed by atoms with Gasteiger partial charge in [0.2, 0.25) is 0 Å². The van der Waals surface area contributed by atoms with Crippen molar-refractivity contribution >= 4 is 11.9 Å². The molecule has 1 N–H and O–H groups in total. The van der Waals surface area contributed by atoms with Gasteiger partial charge in [-0.3, -0.25) is 9.59 Å². The van der Waals surface area contributed by atoms with Crippen LogP contribution in [0.25, 0.3) is 0 Å². The van der Waals surface area contributed by atoms with Gasteiger partial charge in [-0.15, -0.1) is 6.58 Å². The van der Waals surface area contributed by atoms with Gasteiger partial charge in [-0.05, 0) is 6.42 Å². The predicted molar refractivity (Wildman–Crippen MR) is 47.5 cm³/mol. The van der Waals surface area contributed by atoms with Gasteiger partial charge in [-0.1, -0.05) is 6.08 Å². The van der Waals surface area contributed by atoms with Crippen molar-refractivity contribution in [2.45, 2.75) is 12.6 Å². The van der Waals surface area contributed by atoms with E-state index in [2.05, 4.69) is 6.58 Å². The largest absolute Gasteiger partial charge is 0.481 e. The Morgan fingerprint density at radius 1 is 1.44 bits per heavy atom. The molecule has 0 atom stereocenters. The zero-order valence-corrected chi connectivity index (χ0v) is 8.25. The van der Waals surface area contributed by atoms with Crippen LogP contribution in [0.2, 0.25) is 0 Å². The lowest BCUT2D eigenvalue weighted by atomic mass is 9.77. The summed E-state index contributed by atoms with van der Waals surface area (Å²) >= 11 is 0. The Labute approximate surface area is 89.3 Å². The van der Waals surface area contributed by atoms with E-state index in [4.69, 9.17) is 5.11 Å². The van der Waals surface area contributed by atoms with Crippen LogP contribution >= 0.6 is 0 Å². The van der Waals surface area contributed by atoms with Gasteiger partial charge in [-0.2, -0.15) is 13.2 Å². The van der Waals surface area contributed by atoms with E-state index in [1.165, 1.54) is 6.08 Å². The van der Waals surface area contributed by atoms with E-state index in [0.29, 0.717) is 4.90 Å². The van der Waals surface area contributed by atoms with Gasteiger partial charge in [0.05, 0.1) is 0 Å². The predicted octanol–water partition coefficient (Wildman–Crippen LogP) is 1.04.